The van der Waals surface area contributed by atoms with Crippen molar-refractivity contribution in [3.05, 3.63) is 15.6 Å². The summed E-state index contributed by atoms with van der Waals surface area (Å²) in [6, 6.07) is 0.656. The molecule has 1 fully saturated rings. The molecule has 30 heavy (non-hydrogen) atoms. The first-order valence-electron chi connectivity index (χ1n) is 10.9. The fourth-order valence-electron chi connectivity index (χ4n) is 3.60. The van der Waals surface area contributed by atoms with E-state index in [1.54, 1.807) is 0 Å². The molecular formula is C21H38IN5O2S. The van der Waals surface area contributed by atoms with Crippen LogP contribution in [0.4, 0.5) is 0 Å². The number of ether oxygens (including phenoxy) is 1. The van der Waals surface area contributed by atoms with E-state index in [9.17, 15) is 4.79 Å². The van der Waals surface area contributed by atoms with Crippen LogP contribution in [0, 0.1) is 6.92 Å². The van der Waals surface area contributed by atoms with Gasteiger partial charge in [0.2, 0.25) is 0 Å². The lowest BCUT2D eigenvalue weighted by Gasteiger charge is -2.30. The van der Waals surface area contributed by atoms with Crippen molar-refractivity contribution >= 4 is 47.2 Å². The maximum atomic E-state index is 12.0. The number of aryl methyl sites for hydroxylation is 1. The molecule has 7 nitrogen and oxygen atoms in total. The first-order valence-corrected chi connectivity index (χ1v) is 11.7. The highest BCUT2D eigenvalue weighted by molar-refractivity contribution is 14.0. The van der Waals surface area contributed by atoms with Crippen LogP contribution >= 0.6 is 35.3 Å². The molecule has 0 amide bonds. The average molecular weight is 552 g/mol. The highest BCUT2D eigenvalue weighted by atomic mass is 127. The second kappa shape index (κ2) is 14.2. The fourth-order valence-corrected chi connectivity index (χ4v) is 4.56. The Balaban J connectivity index is 0.00000450. The van der Waals surface area contributed by atoms with E-state index in [4.69, 9.17) is 9.73 Å². The summed E-state index contributed by atoms with van der Waals surface area (Å²) in [4.78, 5) is 24.4. The molecule has 1 saturated carbocycles. The average Bonchev–Trinajstić information content (AvgIpc) is 3.11. The summed E-state index contributed by atoms with van der Waals surface area (Å²) in [5.41, 5.74) is 0.716. The minimum absolute atomic E-state index is 0. The van der Waals surface area contributed by atoms with Gasteiger partial charge in [0.05, 0.1) is 24.9 Å². The Labute approximate surface area is 202 Å². The van der Waals surface area contributed by atoms with Crippen LogP contribution in [0.2, 0.25) is 0 Å². The van der Waals surface area contributed by atoms with Gasteiger partial charge in [-0.15, -0.1) is 35.3 Å². The number of hydrogen-bond donors (Lipinski definition) is 2. The summed E-state index contributed by atoms with van der Waals surface area (Å²) < 4.78 is 5.12. The van der Waals surface area contributed by atoms with Crippen LogP contribution in [0.3, 0.4) is 0 Å². The highest BCUT2D eigenvalue weighted by Crippen LogP contribution is 2.24. The van der Waals surface area contributed by atoms with Gasteiger partial charge >= 0.3 is 5.97 Å². The van der Waals surface area contributed by atoms with Crippen molar-refractivity contribution in [1.29, 1.82) is 0 Å². The summed E-state index contributed by atoms with van der Waals surface area (Å²) in [5.74, 6) is 0.481. The number of hydrogen-bond acceptors (Lipinski definition) is 6. The Morgan fingerprint density at radius 3 is 2.67 bits per heavy atom. The smallest absolute Gasteiger partial charge is 0.350 e. The van der Waals surface area contributed by atoms with Gasteiger partial charge in [0.1, 0.15) is 9.88 Å². The molecule has 2 rings (SSSR count). The normalized spacial score (nSPS) is 16.1. The Morgan fingerprint density at radius 2 is 2.03 bits per heavy atom. The highest BCUT2D eigenvalue weighted by Gasteiger charge is 2.20. The van der Waals surface area contributed by atoms with Crippen molar-refractivity contribution in [2.24, 2.45) is 4.99 Å². The van der Waals surface area contributed by atoms with E-state index < -0.39 is 0 Å². The number of esters is 1. The standard InChI is InChI=1S/C21H37N5O2S.HI/c1-6-22-21(23-13-14-26(5)17-11-9-8-10-12-17)25-16(4)19-24-15(3)18(29-19)20(27)28-7-2;/h16-17H,6-14H2,1-5H3,(H2,22,23,25);1H. The molecule has 0 bridgehead atoms. The summed E-state index contributed by atoms with van der Waals surface area (Å²) in [6.45, 7) is 10.6. The summed E-state index contributed by atoms with van der Waals surface area (Å²) in [5, 5.41) is 7.58. The zero-order chi connectivity index (χ0) is 21.2. The number of nitrogens with zero attached hydrogens (tertiary/aromatic N) is 3. The topological polar surface area (TPSA) is 78.9 Å². The molecule has 1 aromatic rings. The predicted octanol–water partition coefficient (Wildman–Crippen LogP) is 4.13. The number of thiazole rings is 1. The molecule has 9 heteroatoms. The van der Waals surface area contributed by atoms with Gasteiger partial charge in [-0.2, -0.15) is 0 Å². The number of guanidine groups is 1. The van der Waals surface area contributed by atoms with Crippen LogP contribution in [-0.4, -0.2) is 61.1 Å². The number of aliphatic imine (C=N–C) groups is 1. The predicted molar refractivity (Wildman–Crippen MR) is 135 cm³/mol. The molecule has 1 aliphatic carbocycles. The molecule has 1 atom stereocenters. The van der Waals surface area contributed by atoms with E-state index in [0.717, 1.165) is 30.6 Å². The summed E-state index contributed by atoms with van der Waals surface area (Å²) in [7, 11) is 2.21. The maximum Gasteiger partial charge on any atom is 0.350 e. The quantitative estimate of drug-likeness (QED) is 0.208. The first kappa shape index (κ1) is 27.1. The third-order valence-electron chi connectivity index (χ3n) is 5.26. The van der Waals surface area contributed by atoms with E-state index >= 15 is 0 Å². The fraction of sp³-hybridized carbons (Fsp3) is 0.762. The van der Waals surface area contributed by atoms with E-state index in [-0.39, 0.29) is 36.0 Å². The monoisotopic (exact) mass is 551 g/mol. The molecule has 1 unspecified atom stereocenters. The van der Waals surface area contributed by atoms with Gasteiger partial charge in [-0.1, -0.05) is 19.3 Å². The van der Waals surface area contributed by atoms with Crippen LogP contribution in [0.25, 0.3) is 0 Å². The lowest BCUT2D eigenvalue weighted by molar-refractivity contribution is 0.0531. The Kier molecular flexibility index (Phi) is 12.8. The van der Waals surface area contributed by atoms with Gasteiger partial charge in [0.15, 0.2) is 5.96 Å². The van der Waals surface area contributed by atoms with Crippen LogP contribution in [0.15, 0.2) is 4.99 Å². The lowest BCUT2D eigenvalue weighted by Crippen LogP contribution is -2.40. The molecule has 0 aliphatic heterocycles. The van der Waals surface area contributed by atoms with E-state index in [0.29, 0.717) is 23.2 Å². The third-order valence-corrected chi connectivity index (χ3v) is 6.58. The maximum absolute atomic E-state index is 12.0. The number of likely N-dealkylation sites (N-methyl/N-ethyl adjacent to an activating group) is 1. The van der Waals surface area contributed by atoms with Crippen LogP contribution in [-0.2, 0) is 4.74 Å². The van der Waals surface area contributed by atoms with E-state index in [1.165, 1.54) is 43.4 Å². The van der Waals surface area contributed by atoms with Crippen molar-refractivity contribution in [1.82, 2.24) is 20.5 Å². The zero-order valence-corrected chi connectivity index (χ0v) is 22.1. The molecule has 1 heterocycles. The summed E-state index contributed by atoms with van der Waals surface area (Å²) >= 11 is 1.38. The molecule has 2 N–H and O–H groups in total. The number of nitrogens with one attached hydrogen (secondary N) is 2. The van der Waals surface area contributed by atoms with Crippen molar-refractivity contribution in [2.75, 3.05) is 33.3 Å². The Morgan fingerprint density at radius 1 is 1.33 bits per heavy atom. The van der Waals surface area contributed by atoms with Gasteiger partial charge in [0, 0.05) is 19.1 Å². The van der Waals surface area contributed by atoms with Crippen molar-refractivity contribution in [3.8, 4) is 0 Å². The molecule has 0 saturated heterocycles. The second-order valence-electron chi connectivity index (χ2n) is 7.59. The Bertz CT molecular complexity index is 676. The number of halogens is 1. The van der Waals surface area contributed by atoms with Crippen LogP contribution < -0.4 is 10.6 Å². The molecule has 1 aliphatic rings. The van der Waals surface area contributed by atoms with Gasteiger partial charge in [-0.3, -0.25) is 4.99 Å². The van der Waals surface area contributed by atoms with Gasteiger partial charge < -0.3 is 20.3 Å². The van der Waals surface area contributed by atoms with Crippen molar-refractivity contribution in [2.45, 2.75) is 71.9 Å². The van der Waals surface area contributed by atoms with E-state index in [2.05, 4.69) is 34.5 Å². The number of carbonyl (C=O) groups is 1. The summed E-state index contributed by atoms with van der Waals surface area (Å²) in [6.07, 6.45) is 6.69. The van der Waals surface area contributed by atoms with Gasteiger partial charge in [0.25, 0.3) is 0 Å². The van der Waals surface area contributed by atoms with Crippen molar-refractivity contribution in [3.63, 3.8) is 0 Å². The van der Waals surface area contributed by atoms with E-state index in [1.807, 2.05) is 20.8 Å². The van der Waals surface area contributed by atoms with Crippen molar-refractivity contribution < 1.29 is 9.53 Å². The minimum atomic E-state index is -0.299. The molecular weight excluding hydrogens is 513 g/mol. The molecule has 0 spiro atoms. The number of rotatable bonds is 9. The Hall–Kier alpha value is -0.940. The molecule has 172 valence electrons. The third kappa shape index (κ3) is 8.30. The number of carbonyl (C=O) groups excluding carboxylic acids is 1. The zero-order valence-electron chi connectivity index (χ0n) is 19.0. The molecule has 0 radical (unpaired) electrons. The second-order valence-corrected chi connectivity index (χ2v) is 8.62. The number of aromatic nitrogens is 1. The minimum Gasteiger partial charge on any atom is -0.462 e. The first-order chi connectivity index (χ1) is 14.0. The van der Waals surface area contributed by atoms with Gasteiger partial charge in [-0.05, 0) is 47.6 Å². The van der Waals surface area contributed by atoms with Gasteiger partial charge in [-0.25, -0.2) is 9.78 Å². The van der Waals surface area contributed by atoms with Crippen LogP contribution in [0.1, 0.15) is 79.3 Å². The largest absolute Gasteiger partial charge is 0.462 e. The molecule has 1 aromatic heterocycles. The lowest BCUT2D eigenvalue weighted by atomic mass is 9.94. The SMILES string of the molecule is CCNC(=NCCN(C)C1CCCCC1)NC(C)c1nc(C)c(C(=O)OCC)s1.I. The van der Waals surface area contributed by atoms with Crippen LogP contribution in [0.5, 0.6) is 0 Å². The molecule has 0 aromatic carbocycles.